The summed E-state index contributed by atoms with van der Waals surface area (Å²) in [5.74, 6) is 0.860. The largest absolute Gasteiger partial charge is 0.357 e. The molecule has 2 rings (SSSR count). The SMILES string of the molecule is CCNC(=NCc1ccnn1C)NCCCCc1nc(C)cs1.I. The molecule has 6 nitrogen and oxygen atoms in total. The number of aliphatic imine (C=N–C) groups is 1. The van der Waals surface area contributed by atoms with Crippen molar-refractivity contribution in [2.45, 2.75) is 39.7 Å². The molecule has 24 heavy (non-hydrogen) atoms. The first-order chi connectivity index (χ1) is 11.2. The van der Waals surface area contributed by atoms with Crippen molar-refractivity contribution in [3.63, 3.8) is 0 Å². The second kappa shape index (κ2) is 11.4. The molecule has 2 aromatic heterocycles. The Morgan fingerprint density at radius 3 is 2.79 bits per heavy atom. The lowest BCUT2D eigenvalue weighted by molar-refractivity contribution is 0.685. The minimum Gasteiger partial charge on any atom is -0.357 e. The van der Waals surface area contributed by atoms with E-state index in [1.165, 1.54) is 5.01 Å². The number of aryl methyl sites for hydroxylation is 3. The quantitative estimate of drug-likeness (QED) is 0.274. The number of unbranched alkanes of at least 4 members (excludes halogenated alkanes) is 1. The average Bonchev–Trinajstić information content (AvgIpc) is 3.13. The molecule has 2 N–H and O–H groups in total. The summed E-state index contributed by atoms with van der Waals surface area (Å²) >= 11 is 1.75. The van der Waals surface area contributed by atoms with Gasteiger partial charge in [0.05, 0.1) is 17.2 Å². The van der Waals surface area contributed by atoms with E-state index in [2.05, 4.69) is 38.0 Å². The average molecular weight is 462 g/mol. The van der Waals surface area contributed by atoms with Gasteiger partial charge < -0.3 is 10.6 Å². The summed E-state index contributed by atoms with van der Waals surface area (Å²) in [6.45, 7) is 6.52. The Balaban J connectivity index is 0.00000288. The molecule has 0 aliphatic rings. The Bertz CT molecular complexity index is 622. The van der Waals surface area contributed by atoms with Crippen molar-refractivity contribution < 1.29 is 0 Å². The van der Waals surface area contributed by atoms with Crippen LogP contribution in [0.4, 0.5) is 0 Å². The van der Waals surface area contributed by atoms with Crippen molar-refractivity contribution in [3.8, 4) is 0 Å². The van der Waals surface area contributed by atoms with Gasteiger partial charge in [-0.05, 0) is 39.2 Å². The lowest BCUT2D eigenvalue weighted by Crippen LogP contribution is -2.37. The molecule has 0 fully saturated rings. The minimum absolute atomic E-state index is 0. The first kappa shape index (κ1) is 20.9. The maximum atomic E-state index is 4.60. The van der Waals surface area contributed by atoms with Gasteiger partial charge in [-0.3, -0.25) is 4.68 Å². The summed E-state index contributed by atoms with van der Waals surface area (Å²) < 4.78 is 1.85. The number of thiazole rings is 1. The molecule has 0 aliphatic carbocycles. The predicted octanol–water partition coefficient (Wildman–Crippen LogP) is 2.88. The molecule has 2 heterocycles. The Morgan fingerprint density at radius 1 is 1.33 bits per heavy atom. The van der Waals surface area contributed by atoms with Crippen molar-refractivity contribution >= 4 is 41.3 Å². The zero-order valence-corrected chi connectivity index (χ0v) is 17.7. The van der Waals surface area contributed by atoms with Gasteiger partial charge in [0.2, 0.25) is 0 Å². The molecule has 0 unspecified atom stereocenters. The first-order valence-electron chi connectivity index (χ1n) is 8.09. The summed E-state index contributed by atoms with van der Waals surface area (Å²) in [5.41, 5.74) is 2.22. The summed E-state index contributed by atoms with van der Waals surface area (Å²) in [7, 11) is 1.94. The predicted molar refractivity (Wildman–Crippen MR) is 111 cm³/mol. The zero-order chi connectivity index (χ0) is 16.5. The first-order valence-corrected chi connectivity index (χ1v) is 8.97. The van der Waals surface area contributed by atoms with Gasteiger partial charge >= 0.3 is 0 Å². The van der Waals surface area contributed by atoms with Crippen molar-refractivity contribution in [2.24, 2.45) is 12.0 Å². The highest BCUT2D eigenvalue weighted by atomic mass is 127. The minimum atomic E-state index is 0. The van der Waals surface area contributed by atoms with Gasteiger partial charge in [0.1, 0.15) is 0 Å². The number of rotatable bonds is 8. The van der Waals surface area contributed by atoms with Crippen LogP contribution in [0.2, 0.25) is 0 Å². The molecule has 0 spiro atoms. The molecular formula is C16H27IN6S. The van der Waals surface area contributed by atoms with E-state index in [1.807, 2.05) is 24.7 Å². The van der Waals surface area contributed by atoms with Crippen LogP contribution in [0, 0.1) is 6.92 Å². The molecule has 0 saturated heterocycles. The molecule has 0 saturated carbocycles. The van der Waals surface area contributed by atoms with Crippen molar-refractivity contribution in [1.82, 2.24) is 25.4 Å². The molecular weight excluding hydrogens is 435 g/mol. The van der Waals surface area contributed by atoms with E-state index < -0.39 is 0 Å². The third kappa shape index (κ3) is 7.16. The monoisotopic (exact) mass is 462 g/mol. The molecule has 8 heteroatoms. The van der Waals surface area contributed by atoms with E-state index in [9.17, 15) is 0 Å². The lowest BCUT2D eigenvalue weighted by Gasteiger charge is -2.11. The molecule has 2 aromatic rings. The van der Waals surface area contributed by atoms with Crippen LogP contribution in [0.3, 0.4) is 0 Å². The molecule has 0 aromatic carbocycles. The van der Waals surface area contributed by atoms with Crippen LogP contribution in [0.15, 0.2) is 22.6 Å². The molecule has 134 valence electrons. The Labute approximate surface area is 165 Å². The lowest BCUT2D eigenvalue weighted by atomic mass is 10.2. The molecule has 0 bridgehead atoms. The number of aromatic nitrogens is 3. The van der Waals surface area contributed by atoms with Gasteiger partial charge in [0.15, 0.2) is 5.96 Å². The summed E-state index contributed by atoms with van der Waals surface area (Å²) in [6, 6.07) is 1.99. The van der Waals surface area contributed by atoms with E-state index >= 15 is 0 Å². The van der Waals surface area contributed by atoms with E-state index in [1.54, 1.807) is 17.5 Å². The highest BCUT2D eigenvalue weighted by Crippen LogP contribution is 2.11. The topological polar surface area (TPSA) is 67.1 Å². The van der Waals surface area contributed by atoms with Crippen LogP contribution in [0.5, 0.6) is 0 Å². The summed E-state index contributed by atoms with van der Waals surface area (Å²) in [4.78, 5) is 9.09. The summed E-state index contributed by atoms with van der Waals surface area (Å²) in [6.07, 6.45) is 5.10. The van der Waals surface area contributed by atoms with Crippen LogP contribution < -0.4 is 10.6 Å². The number of nitrogens with one attached hydrogen (secondary N) is 2. The van der Waals surface area contributed by atoms with Crippen molar-refractivity contribution in [2.75, 3.05) is 13.1 Å². The Morgan fingerprint density at radius 2 is 2.17 bits per heavy atom. The highest BCUT2D eigenvalue weighted by molar-refractivity contribution is 14.0. The Kier molecular flexibility index (Phi) is 9.92. The highest BCUT2D eigenvalue weighted by Gasteiger charge is 2.01. The number of halogens is 1. The van der Waals surface area contributed by atoms with Gasteiger partial charge in [-0.1, -0.05) is 0 Å². The van der Waals surface area contributed by atoms with E-state index in [4.69, 9.17) is 0 Å². The third-order valence-electron chi connectivity index (χ3n) is 3.44. The number of nitrogens with zero attached hydrogens (tertiary/aromatic N) is 4. The molecule has 0 radical (unpaired) electrons. The van der Waals surface area contributed by atoms with Crippen LogP contribution in [0.1, 0.15) is 36.2 Å². The van der Waals surface area contributed by atoms with E-state index in [0.717, 1.165) is 49.7 Å². The fourth-order valence-corrected chi connectivity index (χ4v) is 3.00. The molecule has 0 aliphatic heterocycles. The normalized spacial score (nSPS) is 11.2. The second-order valence-electron chi connectivity index (χ2n) is 5.41. The zero-order valence-electron chi connectivity index (χ0n) is 14.6. The van der Waals surface area contributed by atoms with Crippen LogP contribution >= 0.6 is 35.3 Å². The number of hydrogen-bond acceptors (Lipinski definition) is 4. The standard InChI is InChI=1S/C16H26N6S.HI/c1-4-17-16(19-11-14-8-10-20-22(14)3)18-9-6-5-7-15-21-13(2)12-23-15;/h8,10,12H,4-7,9,11H2,1-3H3,(H2,17,18,19);1H. The Hall–Kier alpha value is -1.16. The van der Waals surface area contributed by atoms with Gasteiger partial charge in [-0.15, -0.1) is 35.3 Å². The van der Waals surface area contributed by atoms with Gasteiger partial charge in [-0.2, -0.15) is 5.10 Å². The summed E-state index contributed by atoms with van der Waals surface area (Å²) in [5, 5.41) is 14.2. The van der Waals surface area contributed by atoms with Gasteiger partial charge in [0.25, 0.3) is 0 Å². The van der Waals surface area contributed by atoms with Crippen LogP contribution in [-0.2, 0) is 20.0 Å². The maximum Gasteiger partial charge on any atom is 0.191 e. The molecule has 0 atom stereocenters. The van der Waals surface area contributed by atoms with Crippen molar-refractivity contribution in [1.29, 1.82) is 0 Å². The van der Waals surface area contributed by atoms with Gasteiger partial charge in [0, 0.05) is 37.4 Å². The fraction of sp³-hybridized carbons (Fsp3) is 0.562. The smallest absolute Gasteiger partial charge is 0.191 e. The third-order valence-corrected chi connectivity index (χ3v) is 4.47. The maximum absolute atomic E-state index is 4.60. The van der Waals surface area contributed by atoms with Crippen molar-refractivity contribution in [3.05, 3.63) is 34.0 Å². The second-order valence-corrected chi connectivity index (χ2v) is 6.35. The molecule has 0 amide bonds. The van der Waals surface area contributed by atoms with Gasteiger partial charge in [-0.25, -0.2) is 9.98 Å². The van der Waals surface area contributed by atoms with E-state index in [-0.39, 0.29) is 24.0 Å². The number of hydrogen-bond donors (Lipinski definition) is 2. The van der Waals surface area contributed by atoms with Crippen LogP contribution in [0.25, 0.3) is 0 Å². The van der Waals surface area contributed by atoms with E-state index in [0.29, 0.717) is 6.54 Å². The van der Waals surface area contributed by atoms with Crippen LogP contribution in [-0.4, -0.2) is 33.8 Å². The fourth-order valence-electron chi connectivity index (χ4n) is 2.18. The number of guanidine groups is 1.